The molecule has 2 aromatic carbocycles. The Kier molecular flexibility index (Phi) is 6.78. The molecule has 0 unspecified atom stereocenters. The lowest BCUT2D eigenvalue weighted by Gasteiger charge is -2.36. The van der Waals surface area contributed by atoms with Crippen molar-refractivity contribution in [3.05, 3.63) is 60.9 Å². The van der Waals surface area contributed by atoms with Crippen LogP contribution in [0.3, 0.4) is 0 Å². The van der Waals surface area contributed by atoms with Crippen molar-refractivity contribution in [1.82, 2.24) is 25.3 Å². The van der Waals surface area contributed by atoms with Crippen molar-refractivity contribution in [1.29, 1.82) is 0 Å². The number of benzene rings is 2. The van der Waals surface area contributed by atoms with Gasteiger partial charge in [0.1, 0.15) is 0 Å². The fraction of sp³-hybridized carbons (Fsp3) is 0.348. The van der Waals surface area contributed by atoms with Crippen LogP contribution in [0.2, 0.25) is 0 Å². The second kappa shape index (κ2) is 10.1. The molecule has 2 amide bonds. The Labute approximate surface area is 181 Å². The number of aromatic nitrogens is 2. The Balaban J connectivity index is 1.12. The van der Waals surface area contributed by atoms with E-state index >= 15 is 0 Å². The highest BCUT2D eigenvalue weighted by atomic mass is 16.2. The third-order valence-corrected chi connectivity index (χ3v) is 5.60. The lowest BCUT2D eigenvalue weighted by molar-refractivity contribution is -0.129. The van der Waals surface area contributed by atoms with Crippen molar-refractivity contribution in [2.45, 2.75) is 19.4 Å². The number of carbonyl (C=O) groups excluding carboxylic acids is 2. The first kappa shape index (κ1) is 20.9. The monoisotopic (exact) mass is 420 g/mol. The number of amides is 2. The summed E-state index contributed by atoms with van der Waals surface area (Å²) in [5.74, 6) is -0.394. The van der Waals surface area contributed by atoms with Gasteiger partial charge in [0.2, 0.25) is 11.8 Å². The first-order valence-corrected chi connectivity index (χ1v) is 10.7. The predicted molar refractivity (Wildman–Crippen MR) is 120 cm³/mol. The van der Waals surface area contributed by atoms with Crippen molar-refractivity contribution in [2.75, 3.05) is 37.6 Å². The Bertz CT molecular complexity index is 1010. The number of aryl methyl sites for hydroxylation is 1. The average molecular weight is 421 g/mol. The van der Waals surface area contributed by atoms with Crippen LogP contribution in [-0.4, -0.2) is 59.0 Å². The summed E-state index contributed by atoms with van der Waals surface area (Å²) in [7, 11) is 0. The minimum atomic E-state index is -0.220. The van der Waals surface area contributed by atoms with Crippen LogP contribution in [0, 0.1) is 0 Å². The predicted octanol–water partition coefficient (Wildman–Crippen LogP) is 1.79. The van der Waals surface area contributed by atoms with Crippen molar-refractivity contribution in [3.8, 4) is 0 Å². The molecule has 1 aromatic heterocycles. The number of rotatable bonds is 7. The molecular formula is C23H28N6O2. The van der Waals surface area contributed by atoms with Gasteiger partial charge in [-0.25, -0.2) is 4.98 Å². The number of hydrogen-bond donors (Lipinski definition) is 2. The maximum absolute atomic E-state index is 12.1. The van der Waals surface area contributed by atoms with E-state index in [0.717, 1.165) is 37.2 Å². The van der Waals surface area contributed by atoms with Crippen LogP contribution in [-0.2, 0) is 16.1 Å². The molecule has 2 N–H and O–H groups in total. The van der Waals surface area contributed by atoms with Crippen LogP contribution in [0.25, 0.3) is 11.0 Å². The maximum Gasteiger partial charge on any atom is 0.240 e. The van der Waals surface area contributed by atoms with Gasteiger partial charge in [-0.15, -0.1) is 0 Å². The summed E-state index contributed by atoms with van der Waals surface area (Å²) in [5, 5.41) is 0. The smallest absolute Gasteiger partial charge is 0.240 e. The number of para-hydroxylation sites is 3. The number of piperazine rings is 1. The molecule has 162 valence electrons. The molecule has 0 aliphatic carbocycles. The van der Waals surface area contributed by atoms with Crippen molar-refractivity contribution < 1.29 is 9.59 Å². The van der Waals surface area contributed by atoms with Gasteiger partial charge in [-0.05, 0) is 24.3 Å². The van der Waals surface area contributed by atoms with E-state index in [4.69, 9.17) is 0 Å². The normalized spacial score (nSPS) is 14.5. The van der Waals surface area contributed by atoms with E-state index in [-0.39, 0.29) is 18.2 Å². The Morgan fingerprint density at radius 2 is 1.45 bits per heavy atom. The molecule has 1 aliphatic heterocycles. The second-order valence-corrected chi connectivity index (χ2v) is 7.69. The number of nitrogens with zero attached hydrogens (tertiary/aromatic N) is 4. The van der Waals surface area contributed by atoms with E-state index in [9.17, 15) is 9.59 Å². The molecule has 0 radical (unpaired) electrons. The lowest BCUT2D eigenvalue weighted by atomic mass is 10.2. The Morgan fingerprint density at radius 1 is 0.806 bits per heavy atom. The van der Waals surface area contributed by atoms with Gasteiger partial charge in [-0.2, -0.15) is 0 Å². The number of hydrazine groups is 1. The van der Waals surface area contributed by atoms with Crippen LogP contribution < -0.4 is 15.8 Å². The molecule has 8 nitrogen and oxygen atoms in total. The number of fused-ring (bicyclic) bond motifs is 1. The first-order chi connectivity index (χ1) is 15.2. The van der Waals surface area contributed by atoms with Gasteiger partial charge in [-0.1, -0.05) is 30.3 Å². The van der Waals surface area contributed by atoms with E-state index < -0.39 is 0 Å². The summed E-state index contributed by atoms with van der Waals surface area (Å²) < 4.78 is 1.94. The van der Waals surface area contributed by atoms with Gasteiger partial charge in [0.15, 0.2) is 0 Å². The third-order valence-electron chi connectivity index (χ3n) is 5.60. The van der Waals surface area contributed by atoms with Gasteiger partial charge in [0, 0.05) is 57.8 Å². The van der Waals surface area contributed by atoms with Crippen LogP contribution in [0.4, 0.5) is 5.69 Å². The minimum absolute atomic E-state index is 0.174. The first-order valence-electron chi connectivity index (χ1n) is 10.7. The molecular weight excluding hydrogens is 392 g/mol. The zero-order valence-electron chi connectivity index (χ0n) is 17.5. The quantitative estimate of drug-likeness (QED) is 0.570. The number of imidazole rings is 1. The molecule has 8 heteroatoms. The molecule has 2 heterocycles. The molecule has 3 aromatic rings. The summed E-state index contributed by atoms with van der Waals surface area (Å²) in [6.07, 6.45) is 2.36. The highest BCUT2D eigenvalue weighted by Crippen LogP contribution is 2.15. The fourth-order valence-electron chi connectivity index (χ4n) is 3.80. The Morgan fingerprint density at radius 3 is 2.19 bits per heavy atom. The molecule has 0 spiro atoms. The van der Waals surface area contributed by atoms with Crippen molar-refractivity contribution >= 4 is 28.5 Å². The molecule has 31 heavy (non-hydrogen) atoms. The van der Waals surface area contributed by atoms with Gasteiger partial charge >= 0.3 is 0 Å². The average Bonchev–Trinajstić information content (AvgIpc) is 3.24. The third kappa shape index (κ3) is 5.61. The fourth-order valence-corrected chi connectivity index (χ4v) is 3.80. The zero-order valence-corrected chi connectivity index (χ0v) is 17.5. The molecule has 0 bridgehead atoms. The van der Waals surface area contributed by atoms with Gasteiger partial charge in [0.05, 0.1) is 17.4 Å². The number of hydrogen-bond acceptors (Lipinski definition) is 5. The van der Waals surface area contributed by atoms with Crippen LogP contribution in [0.1, 0.15) is 12.8 Å². The highest BCUT2D eigenvalue weighted by Gasteiger charge is 2.17. The molecule has 0 saturated carbocycles. The largest absolute Gasteiger partial charge is 0.369 e. The van der Waals surface area contributed by atoms with Gasteiger partial charge in [0.25, 0.3) is 0 Å². The summed E-state index contributed by atoms with van der Waals surface area (Å²) >= 11 is 0. The summed E-state index contributed by atoms with van der Waals surface area (Å²) in [5.41, 5.74) is 8.17. The van der Waals surface area contributed by atoms with Crippen LogP contribution in [0.5, 0.6) is 0 Å². The van der Waals surface area contributed by atoms with Crippen molar-refractivity contribution in [3.63, 3.8) is 0 Å². The van der Waals surface area contributed by atoms with Crippen molar-refractivity contribution in [2.24, 2.45) is 0 Å². The molecule has 1 saturated heterocycles. The minimum Gasteiger partial charge on any atom is -0.369 e. The summed E-state index contributed by atoms with van der Waals surface area (Å²) in [4.78, 5) is 33.1. The number of anilines is 1. The maximum atomic E-state index is 12.1. The van der Waals surface area contributed by atoms with E-state index in [1.54, 1.807) is 6.33 Å². The van der Waals surface area contributed by atoms with Crippen LogP contribution in [0.15, 0.2) is 60.9 Å². The van der Waals surface area contributed by atoms with E-state index in [1.165, 1.54) is 5.69 Å². The summed E-state index contributed by atoms with van der Waals surface area (Å²) in [6.45, 7) is 4.94. The molecule has 0 atom stereocenters. The topological polar surface area (TPSA) is 82.5 Å². The number of nitrogens with one attached hydrogen (secondary N) is 2. The summed E-state index contributed by atoms with van der Waals surface area (Å²) in [6, 6.07) is 18.2. The molecule has 1 aliphatic rings. The number of carbonyl (C=O) groups is 2. The molecule has 1 fully saturated rings. The van der Waals surface area contributed by atoms with Gasteiger partial charge in [-0.3, -0.25) is 25.3 Å². The van der Waals surface area contributed by atoms with Crippen LogP contribution >= 0.6 is 0 Å². The van der Waals surface area contributed by atoms with Gasteiger partial charge < -0.3 is 9.47 Å². The standard InChI is InChI=1S/C23H28N6O2/c30-22(10-12-27-14-16-28(17-15-27)19-6-2-1-3-7-19)25-26-23(31)11-13-29-18-24-20-8-4-5-9-21(20)29/h1-9,18H,10-17H2,(H,25,30)(H,26,31). The highest BCUT2D eigenvalue weighted by molar-refractivity contribution is 5.82. The lowest BCUT2D eigenvalue weighted by Crippen LogP contribution is -2.48. The second-order valence-electron chi connectivity index (χ2n) is 7.69. The Hall–Kier alpha value is -3.39. The van der Waals surface area contributed by atoms with E-state index in [1.807, 2.05) is 34.9 Å². The van der Waals surface area contributed by atoms with E-state index in [2.05, 4.69) is 49.9 Å². The zero-order chi connectivity index (χ0) is 21.5. The molecule has 4 rings (SSSR count). The SMILES string of the molecule is O=C(CCN1CCN(c2ccccc2)CC1)NNC(=O)CCn1cnc2ccccc21. The van der Waals surface area contributed by atoms with E-state index in [0.29, 0.717) is 19.5 Å².